The van der Waals surface area contributed by atoms with Crippen LogP contribution < -0.4 is 51.4 Å². The first-order valence-electron chi connectivity index (χ1n) is 8.54. The van der Waals surface area contributed by atoms with E-state index in [1.165, 1.54) is 49.8 Å². The summed E-state index contributed by atoms with van der Waals surface area (Å²) in [4.78, 5) is 13.1. The second-order valence-corrected chi connectivity index (χ2v) is 7.53. The topological polar surface area (TPSA) is 77.5 Å². The Kier molecular flexibility index (Phi) is 18.8. The summed E-state index contributed by atoms with van der Waals surface area (Å²) in [5.74, 6) is -0.587. The molecule has 0 aliphatic carbocycles. The predicted molar refractivity (Wildman–Crippen MR) is 88.7 cm³/mol. The third-order valence-electron chi connectivity index (χ3n) is 3.85. The van der Waals surface area contributed by atoms with E-state index in [2.05, 4.69) is 6.92 Å². The fourth-order valence-corrected chi connectivity index (χ4v) is 2.83. The monoisotopic (exact) mass is 373 g/mol. The minimum Gasteiger partial charge on any atom is -0.748 e. The molecule has 7 heteroatoms. The van der Waals surface area contributed by atoms with Crippen molar-refractivity contribution in [3.05, 3.63) is 0 Å². The van der Waals surface area contributed by atoms with Gasteiger partial charge in [-0.15, -0.1) is 0 Å². The summed E-state index contributed by atoms with van der Waals surface area (Å²) in [7, 11) is -2.70. The molecule has 0 unspecified atom stereocenters. The average Bonchev–Trinajstić information content (AvgIpc) is 2.45. The third kappa shape index (κ3) is 19.2. The van der Waals surface area contributed by atoms with Crippen LogP contribution in [0.25, 0.3) is 0 Å². The van der Waals surface area contributed by atoms with Crippen molar-refractivity contribution in [1.82, 2.24) is 4.90 Å². The van der Waals surface area contributed by atoms with Gasteiger partial charge in [-0.25, -0.2) is 8.42 Å². The molecule has 0 atom stereocenters. The van der Waals surface area contributed by atoms with E-state index in [-0.39, 0.29) is 63.8 Å². The van der Waals surface area contributed by atoms with Gasteiger partial charge >= 0.3 is 51.4 Å². The summed E-state index contributed by atoms with van der Waals surface area (Å²) in [6.07, 6.45) is 12.6. The van der Waals surface area contributed by atoms with Crippen molar-refractivity contribution in [3.8, 4) is 0 Å². The van der Waals surface area contributed by atoms with Crippen LogP contribution in [0.5, 0.6) is 0 Å². The van der Waals surface area contributed by atoms with Crippen molar-refractivity contribution in [1.29, 1.82) is 0 Å². The molecule has 0 saturated heterocycles. The molecule has 132 valence electrons. The van der Waals surface area contributed by atoms with Crippen molar-refractivity contribution >= 4 is 16.0 Å². The molecule has 0 fully saturated rings. The number of amides is 1. The Morgan fingerprint density at radius 1 is 0.913 bits per heavy atom. The van der Waals surface area contributed by atoms with Gasteiger partial charge < -0.3 is 9.45 Å². The summed E-state index contributed by atoms with van der Waals surface area (Å²) in [5.41, 5.74) is 0. The number of rotatable bonds is 14. The molecule has 0 bridgehead atoms. The summed E-state index contributed by atoms with van der Waals surface area (Å²) in [5, 5.41) is 0. The van der Waals surface area contributed by atoms with E-state index < -0.39 is 15.9 Å². The number of unbranched alkanes of at least 4 members (excludes halogenated alkanes) is 9. The van der Waals surface area contributed by atoms with Gasteiger partial charge in [-0.1, -0.05) is 64.7 Å². The van der Waals surface area contributed by atoms with Gasteiger partial charge in [0.05, 0.1) is 15.9 Å². The molecule has 0 heterocycles. The van der Waals surface area contributed by atoms with E-state index in [0.29, 0.717) is 6.42 Å². The van der Waals surface area contributed by atoms with Crippen LogP contribution in [0, 0.1) is 0 Å². The minimum atomic E-state index is -4.24. The van der Waals surface area contributed by atoms with E-state index in [1.807, 2.05) is 0 Å². The summed E-state index contributed by atoms with van der Waals surface area (Å²) in [6.45, 7) is 2.21. The molecule has 0 aliphatic heterocycles. The first-order chi connectivity index (χ1) is 10.4. The molecule has 0 aliphatic rings. The van der Waals surface area contributed by atoms with Crippen LogP contribution in [0.15, 0.2) is 0 Å². The van der Waals surface area contributed by atoms with Gasteiger partial charge in [-0.3, -0.25) is 4.79 Å². The van der Waals surface area contributed by atoms with Crippen molar-refractivity contribution in [3.63, 3.8) is 0 Å². The number of hydrogen-bond donors (Lipinski definition) is 0. The Bertz CT molecular complexity index is 388. The van der Waals surface area contributed by atoms with Gasteiger partial charge in [-0.05, 0) is 6.42 Å². The van der Waals surface area contributed by atoms with E-state index in [4.69, 9.17) is 0 Å². The van der Waals surface area contributed by atoms with Crippen molar-refractivity contribution in [2.75, 3.05) is 19.3 Å². The molecule has 0 aromatic carbocycles. The van der Waals surface area contributed by atoms with Gasteiger partial charge in [0.2, 0.25) is 5.91 Å². The Morgan fingerprint density at radius 3 is 1.78 bits per heavy atom. The Balaban J connectivity index is 0. The fraction of sp³-hybridized carbons (Fsp3) is 0.938. The number of carbonyl (C=O) groups excluding carboxylic acids is 1. The van der Waals surface area contributed by atoms with Crippen LogP contribution in [0.1, 0.15) is 77.6 Å². The molecule has 1 amide bonds. The number of hydrogen-bond acceptors (Lipinski definition) is 4. The van der Waals surface area contributed by atoms with E-state index in [9.17, 15) is 17.8 Å². The Labute approximate surface area is 185 Å². The summed E-state index contributed by atoms with van der Waals surface area (Å²) < 4.78 is 31.5. The van der Waals surface area contributed by atoms with E-state index in [1.54, 1.807) is 7.05 Å². The van der Waals surface area contributed by atoms with Crippen molar-refractivity contribution in [2.45, 2.75) is 77.6 Å². The van der Waals surface area contributed by atoms with Crippen LogP contribution in [-0.2, 0) is 14.9 Å². The fourth-order valence-electron chi connectivity index (χ4n) is 2.33. The first-order valence-corrected chi connectivity index (χ1v) is 10.1. The van der Waals surface area contributed by atoms with Crippen molar-refractivity contribution in [2.24, 2.45) is 0 Å². The molecule has 0 spiro atoms. The van der Waals surface area contributed by atoms with Gasteiger partial charge in [0, 0.05) is 20.0 Å². The molecule has 0 N–H and O–H groups in total. The Hall–Kier alpha value is 1.02. The summed E-state index contributed by atoms with van der Waals surface area (Å²) in [6, 6.07) is 0. The van der Waals surface area contributed by atoms with Gasteiger partial charge in [0.15, 0.2) is 0 Å². The molecule has 0 radical (unpaired) electrons. The average molecular weight is 374 g/mol. The maximum Gasteiger partial charge on any atom is 1.00 e. The van der Waals surface area contributed by atoms with E-state index >= 15 is 0 Å². The normalized spacial score (nSPS) is 11.1. The molecule has 0 aromatic rings. The first kappa shape index (κ1) is 26.2. The van der Waals surface area contributed by atoms with Crippen LogP contribution in [0.3, 0.4) is 0 Å². The third-order valence-corrected chi connectivity index (χ3v) is 4.53. The van der Waals surface area contributed by atoms with Gasteiger partial charge in [0.1, 0.15) is 0 Å². The second-order valence-electron chi connectivity index (χ2n) is 6.01. The summed E-state index contributed by atoms with van der Waals surface area (Å²) >= 11 is 0. The molecule has 0 rings (SSSR count). The molecular formula is C16H32KNO4S. The molecule has 0 saturated carbocycles. The van der Waals surface area contributed by atoms with E-state index in [0.717, 1.165) is 19.3 Å². The van der Waals surface area contributed by atoms with Crippen LogP contribution >= 0.6 is 0 Å². The zero-order chi connectivity index (χ0) is 16.8. The molecule has 5 nitrogen and oxygen atoms in total. The maximum absolute atomic E-state index is 11.7. The Morgan fingerprint density at radius 2 is 1.35 bits per heavy atom. The molecular weight excluding hydrogens is 341 g/mol. The largest absolute Gasteiger partial charge is 1.00 e. The zero-order valence-corrected chi connectivity index (χ0v) is 19.1. The van der Waals surface area contributed by atoms with Crippen LogP contribution in [0.4, 0.5) is 0 Å². The van der Waals surface area contributed by atoms with Crippen LogP contribution in [-0.4, -0.2) is 43.1 Å². The molecule has 0 aromatic heterocycles. The second kappa shape index (κ2) is 16.5. The number of nitrogens with zero attached hydrogens (tertiary/aromatic N) is 1. The predicted octanol–water partition coefficient (Wildman–Crippen LogP) is 0.305. The smallest absolute Gasteiger partial charge is 0.748 e. The minimum absolute atomic E-state index is 0. The zero-order valence-electron chi connectivity index (χ0n) is 15.2. The maximum atomic E-state index is 11.7. The van der Waals surface area contributed by atoms with Gasteiger partial charge in [0.25, 0.3) is 0 Å². The molecule has 23 heavy (non-hydrogen) atoms. The van der Waals surface area contributed by atoms with Crippen LogP contribution in [0.2, 0.25) is 0 Å². The quantitative estimate of drug-likeness (QED) is 0.249. The standard InChI is InChI=1S/C16H33NO4S.K/c1-3-4-5-6-7-8-9-10-11-12-13-16(18)17(2)14-15-22(19,20)21;/h3-15H2,1-2H3,(H,19,20,21);/q;+1/p-1. The van der Waals surface area contributed by atoms with Gasteiger partial charge in [-0.2, -0.15) is 0 Å². The number of carbonyl (C=O) groups is 1. The van der Waals surface area contributed by atoms with Crippen molar-refractivity contribution < 1.29 is 69.1 Å². The SMILES string of the molecule is CCCCCCCCCCCCC(=O)N(C)CCS(=O)(=O)[O-].[K+].